The quantitative estimate of drug-likeness (QED) is 0.716. The Bertz CT molecular complexity index is 859. The summed E-state index contributed by atoms with van der Waals surface area (Å²) in [6.07, 6.45) is 9.52. The fourth-order valence-corrected chi connectivity index (χ4v) is 4.64. The van der Waals surface area contributed by atoms with E-state index in [9.17, 15) is 0 Å². The Kier molecular flexibility index (Phi) is 4.26. The molecule has 5 nitrogen and oxygen atoms in total. The van der Waals surface area contributed by atoms with Crippen LogP contribution in [-0.2, 0) is 12.8 Å². The summed E-state index contributed by atoms with van der Waals surface area (Å²) >= 11 is 1.80. The molecule has 1 aliphatic carbocycles. The highest BCUT2D eigenvalue weighted by Gasteiger charge is 2.23. The smallest absolute Gasteiger partial charge is 0.161 e. The Morgan fingerprint density at radius 2 is 1.88 bits per heavy atom. The van der Waals surface area contributed by atoms with Crippen molar-refractivity contribution in [3.05, 3.63) is 40.7 Å². The number of hydrogen-bond donors (Lipinski definition) is 2. The monoisotopic (exact) mass is 339 g/mol. The van der Waals surface area contributed by atoms with Crippen molar-refractivity contribution in [1.82, 2.24) is 15.0 Å². The second-order valence-corrected chi connectivity index (χ2v) is 7.34. The van der Waals surface area contributed by atoms with Crippen molar-refractivity contribution >= 4 is 21.6 Å². The molecule has 4 rings (SSSR count). The van der Waals surface area contributed by atoms with Gasteiger partial charge in [0, 0.05) is 34.8 Å². The predicted octanol–water partition coefficient (Wildman–Crippen LogP) is 2.98. The normalized spacial score (nSPS) is 15.9. The molecule has 0 spiro atoms. The number of aryl methyl sites for hydroxylation is 2. The number of thiophene rings is 1. The SMILES string of the molecule is NCC(N)c1nc(-c2ccncc2)nc2sc3c(c12)CCCCC3. The van der Waals surface area contributed by atoms with Crippen molar-refractivity contribution in [2.24, 2.45) is 11.5 Å². The topological polar surface area (TPSA) is 90.7 Å². The summed E-state index contributed by atoms with van der Waals surface area (Å²) in [5, 5.41) is 1.16. The molecule has 3 heterocycles. The number of fused-ring (bicyclic) bond motifs is 3. The lowest BCUT2D eigenvalue weighted by Gasteiger charge is -2.13. The Morgan fingerprint density at radius 1 is 1.08 bits per heavy atom. The fraction of sp³-hybridized carbons (Fsp3) is 0.389. The molecular weight excluding hydrogens is 318 g/mol. The van der Waals surface area contributed by atoms with Gasteiger partial charge in [-0.25, -0.2) is 9.97 Å². The number of hydrogen-bond acceptors (Lipinski definition) is 6. The Morgan fingerprint density at radius 3 is 2.67 bits per heavy atom. The Balaban J connectivity index is 1.96. The summed E-state index contributed by atoms with van der Waals surface area (Å²) in [4.78, 5) is 16.2. The van der Waals surface area contributed by atoms with Gasteiger partial charge < -0.3 is 11.5 Å². The molecule has 0 radical (unpaired) electrons. The highest BCUT2D eigenvalue weighted by atomic mass is 32.1. The van der Waals surface area contributed by atoms with Gasteiger partial charge in [0.1, 0.15) is 4.83 Å². The molecule has 0 bridgehead atoms. The largest absolute Gasteiger partial charge is 0.329 e. The van der Waals surface area contributed by atoms with Gasteiger partial charge >= 0.3 is 0 Å². The lowest BCUT2D eigenvalue weighted by molar-refractivity contribution is 0.708. The molecule has 6 heteroatoms. The highest BCUT2D eigenvalue weighted by Crippen LogP contribution is 2.38. The molecule has 0 saturated carbocycles. The zero-order valence-corrected chi connectivity index (χ0v) is 14.4. The van der Waals surface area contributed by atoms with E-state index in [-0.39, 0.29) is 6.04 Å². The average molecular weight is 339 g/mol. The fourth-order valence-electron chi connectivity index (χ4n) is 3.37. The van der Waals surface area contributed by atoms with Crippen LogP contribution >= 0.6 is 11.3 Å². The van der Waals surface area contributed by atoms with Gasteiger partial charge in [-0.3, -0.25) is 4.98 Å². The van der Waals surface area contributed by atoms with Gasteiger partial charge in [0.05, 0.1) is 11.7 Å². The third-order valence-corrected chi connectivity index (χ3v) is 5.82. The van der Waals surface area contributed by atoms with E-state index < -0.39 is 0 Å². The third-order valence-electron chi connectivity index (χ3n) is 4.64. The van der Waals surface area contributed by atoms with E-state index in [0.717, 1.165) is 34.3 Å². The van der Waals surface area contributed by atoms with Crippen LogP contribution in [0.4, 0.5) is 0 Å². The summed E-state index contributed by atoms with van der Waals surface area (Å²) in [5.41, 5.74) is 15.4. The van der Waals surface area contributed by atoms with Gasteiger partial charge in [0.25, 0.3) is 0 Å². The van der Waals surface area contributed by atoms with E-state index in [0.29, 0.717) is 12.4 Å². The number of aromatic nitrogens is 3. The van der Waals surface area contributed by atoms with Crippen LogP contribution < -0.4 is 11.5 Å². The number of rotatable bonds is 3. The second kappa shape index (κ2) is 6.55. The van der Waals surface area contributed by atoms with E-state index in [1.807, 2.05) is 12.1 Å². The first-order valence-corrected chi connectivity index (χ1v) is 9.28. The molecule has 24 heavy (non-hydrogen) atoms. The van der Waals surface area contributed by atoms with Crippen LogP contribution in [0.2, 0.25) is 0 Å². The lowest BCUT2D eigenvalue weighted by atomic mass is 10.0. The lowest BCUT2D eigenvalue weighted by Crippen LogP contribution is -2.22. The summed E-state index contributed by atoms with van der Waals surface area (Å²) in [6.45, 7) is 0.381. The summed E-state index contributed by atoms with van der Waals surface area (Å²) in [6, 6.07) is 3.59. The van der Waals surface area contributed by atoms with Gasteiger partial charge in [0.15, 0.2) is 5.82 Å². The molecule has 4 N–H and O–H groups in total. The minimum Gasteiger partial charge on any atom is -0.329 e. The van der Waals surface area contributed by atoms with Crippen molar-refractivity contribution in [2.75, 3.05) is 6.54 Å². The molecule has 0 amide bonds. The van der Waals surface area contributed by atoms with Gasteiger partial charge in [-0.15, -0.1) is 11.3 Å². The molecule has 0 fully saturated rings. The van der Waals surface area contributed by atoms with Crippen LogP contribution in [0.15, 0.2) is 24.5 Å². The van der Waals surface area contributed by atoms with Crippen molar-refractivity contribution in [1.29, 1.82) is 0 Å². The van der Waals surface area contributed by atoms with Gasteiger partial charge in [0.2, 0.25) is 0 Å². The van der Waals surface area contributed by atoms with Crippen molar-refractivity contribution in [3.8, 4) is 11.4 Å². The van der Waals surface area contributed by atoms with Crippen LogP contribution in [0.3, 0.4) is 0 Å². The number of pyridine rings is 1. The molecule has 0 aromatic carbocycles. The molecule has 0 saturated heterocycles. The first-order valence-electron chi connectivity index (χ1n) is 8.46. The Hall–Kier alpha value is -1.89. The molecular formula is C18H21N5S. The van der Waals surface area contributed by atoms with Crippen LogP contribution in [0.5, 0.6) is 0 Å². The summed E-state index contributed by atoms with van der Waals surface area (Å²) in [5.74, 6) is 0.709. The zero-order valence-electron chi connectivity index (χ0n) is 13.5. The van der Waals surface area contributed by atoms with Gasteiger partial charge in [-0.05, 0) is 43.4 Å². The molecule has 3 aromatic heterocycles. The summed E-state index contributed by atoms with van der Waals surface area (Å²) in [7, 11) is 0. The van der Waals surface area contributed by atoms with Crippen molar-refractivity contribution in [2.45, 2.75) is 38.1 Å². The molecule has 0 aliphatic heterocycles. The standard InChI is InChI=1S/C18H21N5S/c19-10-13(20)16-15-12-4-2-1-3-5-14(12)24-18(15)23-17(22-16)11-6-8-21-9-7-11/h6-9,13H,1-5,10,19-20H2. The van der Waals surface area contributed by atoms with Gasteiger partial charge in [-0.2, -0.15) is 0 Å². The van der Waals surface area contributed by atoms with Crippen LogP contribution in [-0.4, -0.2) is 21.5 Å². The maximum absolute atomic E-state index is 6.32. The first-order chi connectivity index (χ1) is 11.8. The predicted molar refractivity (Wildman–Crippen MR) is 97.9 cm³/mol. The minimum absolute atomic E-state index is 0.266. The minimum atomic E-state index is -0.266. The zero-order chi connectivity index (χ0) is 16.5. The molecule has 3 aromatic rings. The summed E-state index contributed by atoms with van der Waals surface area (Å²) < 4.78 is 0. The second-order valence-electron chi connectivity index (χ2n) is 6.26. The molecule has 1 atom stereocenters. The third kappa shape index (κ3) is 2.70. The average Bonchev–Trinajstić information content (AvgIpc) is 2.82. The molecule has 1 aliphatic rings. The van der Waals surface area contributed by atoms with Gasteiger partial charge in [-0.1, -0.05) is 6.42 Å². The number of nitrogens with two attached hydrogens (primary N) is 2. The van der Waals surface area contributed by atoms with E-state index in [4.69, 9.17) is 21.4 Å². The van der Waals surface area contributed by atoms with E-state index in [1.54, 1.807) is 23.7 Å². The van der Waals surface area contributed by atoms with E-state index in [1.165, 1.54) is 29.7 Å². The van der Waals surface area contributed by atoms with E-state index in [2.05, 4.69) is 4.98 Å². The molecule has 124 valence electrons. The van der Waals surface area contributed by atoms with Crippen LogP contribution in [0, 0.1) is 0 Å². The first kappa shape index (κ1) is 15.6. The highest BCUT2D eigenvalue weighted by molar-refractivity contribution is 7.18. The maximum atomic E-state index is 6.32. The molecule has 1 unspecified atom stereocenters. The van der Waals surface area contributed by atoms with Crippen LogP contribution in [0.1, 0.15) is 41.4 Å². The van der Waals surface area contributed by atoms with Crippen molar-refractivity contribution < 1.29 is 0 Å². The van der Waals surface area contributed by atoms with Crippen molar-refractivity contribution in [3.63, 3.8) is 0 Å². The maximum Gasteiger partial charge on any atom is 0.161 e. The van der Waals surface area contributed by atoms with E-state index >= 15 is 0 Å². The number of nitrogens with zero attached hydrogens (tertiary/aromatic N) is 3. The van der Waals surface area contributed by atoms with Crippen LogP contribution in [0.25, 0.3) is 21.6 Å². The Labute approximate surface area is 145 Å².